The molecule has 1 aromatic carbocycles. The summed E-state index contributed by atoms with van der Waals surface area (Å²) in [5, 5.41) is 0. The Balaban J connectivity index is 1.71. The zero-order valence-electron chi connectivity index (χ0n) is 16.4. The lowest BCUT2D eigenvalue weighted by Crippen LogP contribution is -2.41. The van der Waals surface area contributed by atoms with Crippen molar-refractivity contribution in [2.45, 2.75) is 26.2 Å². The van der Waals surface area contributed by atoms with Gasteiger partial charge in [-0.2, -0.15) is 0 Å². The van der Waals surface area contributed by atoms with Crippen LogP contribution in [0.3, 0.4) is 0 Å². The van der Waals surface area contributed by atoms with Crippen LogP contribution in [-0.2, 0) is 12.8 Å². The van der Waals surface area contributed by atoms with E-state index >= 15 is 0 Å². The molecule has 2 N–H and O–H groups in total. The molecule has 0 bridgehead atoms. The van der Waals surface area contributed by atoms with Crippen LogP contribution in [0, 0.1) is 5.92 Å². The van der Waals surface area contributed by atoms with E-state index in [1.165, 1.54) is 49.2 Å². The number of hydrogen-bond donors (Lipinski definition) is 2. The molecular weight excluding hydrogens is 380 g/mol. The van der Waals surface area contributed by atoms with E-state index < -0.39 is 5.91 Å². The van der Waals surface area contributed by atoms with Gasteiger partial charge in [-0.25, -0.2) is 0 Å². The highest BCUT2D eigenvalue weighted by Gasteiger charge is 2.22. The van der Waals surface area contributed by atoms with E-state index in [4.69, 9.17) is 14.2 Å². The molecule has 2 aromatic rings. The quantitative estimate of drug-likeness (QED) is 0.749. The van der Waals surface area contributed by atoms with Crippen LogP contribution in [0.4, 0.5) is 0 Å². The molecule has 0 saturated carbocycles. The Kier molecular flexibility index (Phi) is 6.08. The SMILES string of the molecule is COc1cc(OC)c(C(=O)NNC(=O)c2cc3c(s2)CC[C@H](C)C3)cc1OC. The summed E-state index contributed by atoms with van der Waals surface area (Å²) in [6.07, 6.45) is 3.14. The van der Waals surface area contributed by atoms with Crippen molar-refractivity contribution in [1.82, 2.24) is 10.9 Å². The number of ether oxygens (including phenoxy) is 3. The van der Waals surface area contributed by atoms with Crippen LogP contribution in [0.5, 0.6) is 17.2 Å². The van der Waals surface area contributed by atoms with Crippen molar-refractivity contribution < 1.29 is 23.8 Å². The number of hydrogen-bond acceptors (Lipinski definition) is 6. The third-order valence-electron chi connectivity index (χ3n) is 4.79. The molecule has 28 heavy (non-hydrogen) atoms. The summed E-state index contributed by atoms with van der Waals surface area (Å²) in [5.41, 5.74) is 6.38. The molecule has 2 amide bonds. The summed E-state index contributed by atoms with van der Waals surface area (Å²) >= 11 is 1.49. The Hall–Kier alpha value is -2.74. The summed E-state index contributed by atoms with van der Waals surface area (Å²) < 4.78 is 15.7. The number of carbonyl (C=O) groups excluding carboxylic acids is 2. The van der Waals surface area contributed by atoms with Gasteiger partial charge in [0.2, 0.25) is 0 Å². The van der Waals surface area contributed by atoms with Crippen molar-refractivity contribution in [3.63, 3.8) is 0 Å². The number of aryl methyl sites for hydroxylation is 1. The van der Waals surface area contributed by atoms with Crippen LogP contribution in [0.25, 0.3) is 0 Å². The van der Waals surface area contributed by atoms with Gasteiger partial charge in [-0.05, 0) is 36.8 Å². The molecule has 1 atom stereocenters. The minimum Gasteiger partial charge on any atom is -0.496 e. The van der Waals surface area contributed by atoms with E-state index in [0.29, 0.717) is 28.0 Å². The molecular formula is C20H24N2O5S. The first-order valence-electron chi connectivity index (χ1n) is 8.99. The molecule has 1 heterocycles. The molecule has 1 aliphatic rings. The molecule has 1 aromatic heterocycles. The average Bonchev–Trinajstić information content (AvgIpc) is 3.13. The third-order valence-corrected chi connectivity index (χ3v) is 6.03. The van der Waals surface area contributed by atoms with Gasteiger partial charge in [0.05, 0.1) is 31.8 Å². The number of nitrogens with one attached hydrogen (secondary N) is 2. The topological polar surface area (TPSA) is 85.9 Å². The van der Waals surface area contributed by atoms with Crippen LogP contribution in [0.2, 0.25) is 0 Å². The van der Waals surface area contributed by atoms with E-state index in [1.807, 2.05) is 6.07 Å². The number of carbonyl (C=O) groups is 2. The molecule has 0 radical (unpaired) electrons. The normalized spacial score (nSPS) is 15.4. The fraction of sp³-hybridized carbons (Fsp3) is 0.400. The first-order valence-corrected chi connectivity index (χ1v) is 9.80. The van der Waals surface area contributed by atoms with Gasteiger partial charge in [0.1, 0.15) is 5.75 Å². The lowest BCUT2D eigenvalue weighted by Gasteiger charge is -2.16. The van der Waals surface area contributed by atoms with Gasteiger partial charge in [0.15, 0.2) is 11.5 Å². The Bertz CT molecular complexity index is 893. The minimum atomic E-state index is -0.513. The fourth-order valence-electron chi connectivity index (χ4n) is 3.27. The maximum Gasteiger partial charge on any atom is 0.279 e. The summed E-state index contributed by atoms with van der Waals surface area (Å²) in [4.78, 5) is 26.9. The van der Waals surface area contributed by atoms with Crippen molar-refractivity contribution in [2.75, 3.05) is 21.3 Å². The summed E-state index contributed by atoms with van der Waals surface area (Å²) in [6, 6.07) is 4.99. The Labute approximate surface area is 168 Å². The number of amides is 2. The van der Waals surface area contributed by atoms with E-state index in [2.05, 4.69) is 17.8 Å². The van der Waals surface area contributed by atoms with Gasteiger partial charge in [-0.1, -0.05) is 6.92 Å². The number of benzene rings is 1. The Morgan fingerprint density at radius 1 is 0.964 bits per heavy atom. The largest absolute Gasteiger partial charge is 0.496 e. The smallest absolute Gasteiger partial charge is 0.279 e. The van der Waals surface area contributed by atoms with Gasteiger partial charge in [-0.3, -0.25) is 20.4 Å². The maximum atomic E-state index is 12.6. The fourth-order valence-corrected chi connectivity index (χ4v) is 4.37. The summed E-state index contributed by atoms with van der Waals surface area (Å²) in [5.74, 6) is 0.930. The minimum absolute atomic E-state index is 0.222. The van der Waals surface area contributed by atoms with Crippen LogP contribution in [-0.4, -0.2) is 33.1 Å². The van der Waals surface area contributed by atoms with Crippen LogP contribution in [0.1, 0.15) is 43.8 Å². The van der Waals surface area contributed by atoms with E-state index in [1.54, 1.807) is 6.07 Å². The first kappa shape index (κ1) is 20.0. The Morgan fingerprint density at radius 3 is 2.29 bits per heavy atom. The monoisotopic (exact) mass is 404 g/mol. The van der Waals surface area contributed by atoms with Crippen LogP contribution < -0.4 is 25.1 Å². The highest BCUT2D eigenvalue weighted by molar-refractivity contribution is 7.14. The van der Waals surface area contributed by atoms with Crippen molar-refractivity contribution in [3.05, 3.63) is 39.1 Å². The lowest BCUT2D eigenvalue weighted by atomic mass is 9.90. The number of methoxy groups -OCH3 is 3. The predicted molar refractivity (Wildman–Crippen MR) is 107 cm³/mol. The number of thiophene rings is 1. The summed E-state index contributed by atoms with van der Waals surface area (Å²) in [7, 11) is 4.43. The summed E-state index contributed by atoms with van der Waals surface area (Å²) in [6.45, 7) is 2.22. The first-order chi connectivity index (χ1) is 13.5. The zero-order chi connectivity index (χ0) is 20.3. The lowest BCUT2D eigenvalue weighted by molar-refractivity contribution is 0.0847. The van der Waals surface area contributed by atoms with E-state index in [-0.39, 0.29) is 11.5 Å². The van der Waals surface area contributed by atoms with Gasteiger partial charge in [-0.15, -0.1) is 11.3 Å². The van der Waals surface area contributed by atoms with Crippen molar-refractivity contribution >= 4 is 23.2 Å². The molecule has 0 aliphatic heterocycles. The number of fused-ring (bicyclic) bond motifs is 1. The number of hydrazine groups is 1. The van der Waals surface area contributed by atoms with E-state index in [9.17, 15) is 9.59 Å². The van der Waals surface area contributed by atoms with Crippen LogP contribution in [0.15, 0.2) is 18.2 Å². The van der Waals surface area contributed by atoms with Gasteiger partial charge in [0.25, 0.3) is 11.8 Å². The second-order valence-electron chi connectivity index (χ2n) is 6.72. The third kappa shape index (κ3) is 4.06. The average molecular weight is 404 g/mol. The molecule has 7 nitrogen and oxygen atoms in total. The second-order valence-corrected chi connectivity index (χ2v) is 7.86. The van der Waals surface area contributed by atoms with Gasteiger partial charge >= 0.3 is 0 Å². The maximum absolute atomic E-state index is 12.6. The van der Waals surface area contributed by atoms with Crippen LogP contribution >= 0.6 is 11.3 Å². The molecule has 0 fully saturated rings. The zero-order valence-corrected chi connectivity index (χ0v) is 17.2. The molecule has 150 valence electrons. The molecule has 3 rings (SSSR count). The van der Waals surface area contributed by atoms with Crippen molar-refractivity contribution in [2.24, 2.45) is 5.92 Å². The highest BCUT2D eigenvalue weighted by Crippen LogP contribution is 2.35. The molecule has 0 saturated heterocycles. The molecule has 1 aliphatic carbocycles. The Morgan fingerprint density at radius 2 is 1.61 bits per heavy atom. The molecule has 0 unspecified atom stereocenters. The van der Waals surface area contributed by atoms with Gasteiger partial charge in [0, 0.05) is 17.0 Å². The predicted octanol–water partition coefficient (Wildman–Crippen LogP) is 2.97. The highest BCUT2D eigenvalue weighted by atomic mass is 32.1. The molecule has 8 heteroatoms. The van der Waals surface area contributed by atoms with E-state index in [0.717, 1.165) is 19.3 Å². The standard InChI is InChI=1S/C20H24N2O5S/c1-11-5-6-17-12(7-11)8-18(28-17)20(24)22-21-19(23)13-9-15(26-3)16(27-4)10-14(13)25-2/h8-11H,5-7H2,1-4H3,(H,21,23)(H,22,24)/t11-/m0/s1. The van der Waals surface area contributed by atoms with Crippen molar-refractivity contribution in [1.29, 1.82) is 0 Å². The second kappa shape index (κ2) is 8.52. The number of rotatable bonds is 5. The van der Waals surface area contributed by atoms with Gasteiger partial charge < -0.3 is 14.2 Å². The molecule has 0 spiro atoms. The van der Waals surface area contributed by atoms with Crippen molar-refractivity contribution in [3.8, 4) is 17.2 Å².